The van der Waals surface area contributed by atoms with Crippen molar-refractivity contribution in [3.63, 3.8) is 0 Å². The molecule has 1 aliphatic carbocycles. The molecule has 4 heteroatoms. The molecular weight excluding hydrogens is 291 g/mol. The standard InChI is InChI=1S/C17H20ClFO2/c1-2-3-14(17(20)21)12-6-4-11(5-7-12)13-8-9-15(18)16(19)10-13/h2,8-12,14H,1,3-7H2,(H,20,21). The van der Waals surface area contributed by atoms with E-state index in [0.717, 1.165) is 31.2 Å². The number of hydrogen-bond acceptors (Lipinski definition) is 1. The smallest absolute Gasteiger partial charge is 0.307 e. The molecule has 114 valence electrons. The van der Waals surface area contributed by atoms with E-state index in [0.29, 0.717) is 12.3 Å². The average molecular weight is 311 g/mol. The van der Waals surface area contributed by atoms with Gasteiger partial charge in [-0.25, -0.2) is 4.39 Å². The van der Waals surface area contributed by atoms with Crippen LogP contribution in [0.15, 0.2) is 30.9 Å². The highest BCUT2D eigenvalue weighted by atomic mass is 35.5. The second-order valence-corrected chi connectivity index (χ2v) is 6.16. The summed E-state index contributed by atoms with van der Waals surface area (Å²) >= 11 is 5.70. The van der Waals surface area contributed by atoms with Crippen LogP contribution >= 0.6 is 11.6 Å². The van der Waals surface area contributed by atoms with E-state index in [2.05, 4.69) is 6.58 Å². The third-order valence-electron chi connectivity index (χ3n) is 4.49. The number of carboxylic acids is 1. The van der Waals surface area contributed by atoms with E-state index in [1.807, 2.05) is 6.07 Å². The number of benzene rings is 1. The molecule has 1 atom stereocenters. The van der Waals surface area contributed by atoms with E-state index < -0.39 is 5.97 Å². The first-order chi connectivity index (χ1) is 10.0. The number of carbonyl (C=O) groups is 1. The van der Waals surface area contributed by atoms with Gasteiger partial charge >= 0.3 is 5.97 Å². The fraction of sp³-hybridized carbons (Fsp3) is 0.471. The molecule has 0 aromatic heterocycles. The van der Waals surface area contributed by atoms with Crippen molar-refractivity contribution >= 4 is 17.6 Å². The molecule has 0 spiro atoms. The minimum Gasteiger partial charge on any atom is -0.481 e. The Bertz CT molecular complexity index is 522. The Morgan fingerprint density at radius 3 is 2.62 bits per heavy atom. The van der Waals surface area contributed by atoms with Gasteiger partial charge in [-0.05, 0) is 61.6 Å². The van der Waals surface area contributed by atoms with Crippen molar-refractivity contribution in [2.24, 2.45) is 11.8 Å². The first-order valence-electron chi connectivity index (χ1n) is 7.31. The molecule has 2 rings (SSSR count). The first-order valence-corrected chi connectivity index (χ1v) is 7.69. The van der Waals surface area contributed by atoms with Crippen LogP contribution in [0.5, 0.6) is 0 Å². The molecule has 1 aliphatic rings. The SMILES string of the molecule is C=CCC(C(=O)O)C1CCC(c2ccc(Cl)c(F)c2)CC1. The van der Waals surface area contributed by atoms with Gasteiger partial charge in [0, 0.05) is 0 Å². The van der Waals surface area contributed by atoms with Crippen molar-refractivity contribution in [2.45, 2.75) is 38.0 Å². The van der Waals surface area contributed by atoms with E-state index in [1.54, 1.807) is 12.1 Å². The summed E-state index contributed by atoms with van der Waals surface area (Å²) < 4.78 is 13.5. The number of rotatable bonds is 5. The molecule has 0 aliphatic heterocycles. The lowest BCUT2D eigenvalue weighted by molar-refractivity contribution is -0.144. The summed E-state index contributed by atoms with van der Waals surface area (Å²) in [6, 6.07) is 4.97. The Hall–Kier alpha value is -1.35. The van der Waals surface area contributed by atoms with Gasteiger partial charge in [-0.1, -0.05) is 23.7 Å². The zero-order valence-corrected chi connectivity index (χ0v) is 12.7. The van der Waals surface area contributed by atoms with Gasteiger partial charge in [-0.15, -0.1) is 6.58 Å². The van der Waals surface area contributed by atoms with Crippen LogP contribution in [0, 0.1) is 17.7 Å². The number of aliphatic carboxylic acids is 1. The zero-order chi connectivity index (χ0) is 15.4. The van der Waals surface area contributed by atoms with Gasteiger partial charge in [0.15, 0.2) is 0 Å². The van der Waals surface area contributed by atoms with Crippen molar-refractivity contribution in [1.82, 2.24) is 0 Å². The number of carboxylic acid groups (broad SMARTS) is 1. The maximum atomic E-state index is 13.5. The summed E-state index contributed by atoms with van der Waals surface area (Å²) in [5.41, 5.74) is 0.964. The van der Waals surface area contributed by atoms with Gasteiger partial charge < -0.3 is 5.11 Å². The van der Waals surface area contributed by atoms with Gasteiger partial charge in [-0.3, -0.25) is 4.79 Å². The molecular formula is C17H20ClFO2. The normalized spacial score (nSPS) is 23.5. The van der Waals surface area contributed by atoms with E-state index in [9.17, 15) is 14.3 Å². The van der Waals surface area contributed by atoms with Gasteiger partial charge in [-0.2, -0.15) is 0 Å². The number of halogens is 2. The fourth-order valence-electron chi connectivity index (χ4n) is 3.30. The highest BCUT2D eigenvalue weighted by Crippen LogP contribution is 2.40. The Morgan fingerprint density at radius 1 is 1.43 bits per heavy atom. The van der Waals surface area contributed by atoms with Gasteiger partial charge in [0.05, 0.1) is 10.9 Å². The van der Waals surface area contributed by atoms with E-state index >= 15 is 0 Å². The maximum Gasteiger partial charge on any atom is 0.307 e. The second-order valence-electron chi connectivity index (χ2n) is 5.75. The summed E-state index contributed by atoms with van der Waals surface area (Å²) in [5.74, 6) is -0.979. The molecule has 1 aromatic carbocycles. The quantitative estimate of drug-likeness (QED) is 0.774. The fourth-order valence-corrected chi connectivity index (χ4v) is 3.41. The maximum absolute atomic E-state index is 13.5. The Labute approximate surface area is 129 Å². The number of allylic oxidation sites excluding steroid dienone is 1. The monoisotopic (exact) mass is 310 g/mol. The van der Waals surface area contributed by atoms with Crippen LogP contribution in [-0.2, 0) is 4.79 Å². The summed E-state index contributed by atoms with van der Waals surface area (Å²) in [6.07, 6.45) is 5.71. The molecule has 0 heterocycles. The lowest BCUT2D eigenvalue weighted by Gasteiger charge is -2.32. The second kappa shape index (κ2) is 7.08. The highest BCUT2D eigenvalue weighted by Gasteiger charge is 2.31. The lowest BCUT2D eigenvalue weighted by atomic mass is 9.73. The molecule has 1 aromatic rings. The topological polar surface area (TPSA) is 37.3 Å². The zero-order valence-electron chi connectivity index (χ0n) is 11.9. The Morgan fingerprint density at radius 2 is 2.10 bits per heavy atom. The van der Waals surface area contributed by atoms with Crippen LogP contribution in [0.1, 0.15) is 43.6 Å². The van der Waals surface area contributed by atoms with Gasteiger partial charge in [0.1, 0.15) is 5.82 Å². The average Bonchev–Trinajstić information content (AvgIpc) is 2.47. The van der Waals surface area contributed by atoms with Crippen molar-refractivity contribution in [3.05, 3.63) is 47.3 Å². The van der Waals surface area contributed by atoms with Crippen LogP contribution in [-0.4, -0.2) is 11.1 Å². The van der Waals surface area contributed by atoms with Crippen LogP contribution in [0.3, 0.4) is 0 Å². The Kier molecular flexibility index (Phi) is 5.40. The van der Waals surface area contributed by atoms with E-state index in [-0.39, 0.29) is 22.7 Å². The lowest BCUT2D eigenvalue weighted by Crippen LogP contribution is -2.26. The molecule has 21 heavy (non-hydrogen) atoms. The molecule has 0 amide bonds. The van der Waals surface area contributed by atoms with Crippen molar-refractivity contribution < 1.29 is 14.3 Å². The minimum atomic E-state index is -0.740. The molecule has 0 bridgehead atoms. The van der Waals surface area contributed by atoms with Crippen molar-refractivity contribution in [1.29, 1.82) is 0 Å². The summed E-state index contributed by atoms with van der Waals surface area (Å²) in [5, 5.41) is 9.44. The van der Waals surface area contributed by atoms with Crippen LogP contribution in [0.25, 0.3) is 0 Å². The molecule has 0 saturated heterocycles. The van der Waals surface area contributed by atoms with Crippen molar-refractivity contribution in [3.8, 4) is 0 Å². The predicted molar refractivity (Wildman–Crippen MR) is 82.0 cm³/mol. The molecule has 1 fully saturated rings. The minimum absolute atomic E-state index is 0.143. The molecule has 0 radical (unpaired) electrons. The molecule has 1 N–H and O–H groups in total. The van der Waals surface area contributed by atoms with Gasteiger partial charge in [0.2, 0.25) is 0 Å². The van der Waals surface area contributed by atoms with Gasteiger partial charge in [0.25, 0.3) is 0 Å². The summed E-state index contributed by atoms with van der Waals surface area (Å²) in [4.78, 5) is 11.3. The third kappa shape index (κ3) is 3.85. The van der Waals surface area contributed by atoms with Crippen molar-refractivity contribution in [2.75, 3.05) is 0 Å². The summed E-state index contributed by atoms with van der Waals surface area (Å²) in [6.45, 7) is 3.64. The van der Waals surface area contributed by atoms with E-state index in [1.165, 1.54) is 6.07 Å². The predicted octanol–water partition coefficient (Wildman–Crippen LogP) is 5.03. The third-order valence-corrected chi connectivity index (χ3v) is 4.80. The molecule has 1 unspecified atom stereocenters. The number of hydrogen-bond donors (Lipinski definition) is 1. The van der Waals surface area contributed by atoms with Crippen LogP contribution in [0.4, 0.5) is 4.39 Å². The largest absolute Gasteiger partial charge is 0.481 e. The first kappa shape index (κ1) is 16.0. The van der Waals surface area contributed by atoms with E-state index in [4.69, 9.17) is 11.6 Å². The van der Waals surface area contributed by atoms with Crippen LogP contribution < -0.4 is 0 Å². The highest BCUT2D eigenvalue weighted by molar-refractivity contribution is 6.30. The molecule has 2 nitrogen and oxygen atoms in total. The van der Waals surface area contributed by atoms with Crippen LogP contribution in [0.2, 0.25) is 5.02 Å². The molecule has 1 saturated carbocycles. The Balaban J connectivity index is 2.00. The summed E-state index contributed by atoms with van der Waals surface area (Å²) in [7, 11) is 0.